The van der Waals surface area contributed by atoms with Crippen LogP contribution < -0.4 is 5.56 Å². The van der Waals surface area contributed by atoms with Gasteiger partial charge in [-0.2, -0.15) is 0 Å². The Labute approximate surface area is 73.6 Å². The van der Waals surface area contributed by atoms with Crippen molar-refractivity contribution < 1.29 is 0 Å². The molecule has 0 atom stereocenters. The summed E-state index contributed by atoms with van der Waals surface area (Å²) in [4.78, 5) is 13.6. The smallest absolute Gasteiger partial charge is 0.251 e. The van der Waals surface area contributed by atoms with Crippen LogP contribution >= 0.6 is 0 Å². The maximum Gasteiger partial charge on any atom is 0.251 e. The van der Waals surface area contributed by atoms with Gasteiger partial charge in [0.15, 0.2) is 0 Å². The Kier molecular flexibility index (Phi) is 6.07. The van der Waals surface area contributed by atoms with Crippen molar-refractivity contribution in [3.05, 3.63) is 34.2 Å². The molecule has 1 aromatic rings. The molecule has 0 saturated carbocycles. The Bertz CT molecular complexity index is 252. The number of nitrogens with one attached hydrogen (secondary N) is 1. The molecule has 1 aromatic heterocycles. The molecule has 0 aliphatic rings. The topological polar surface area (TPSA) is 32.9 Å². The van der Waals surface area contributed by atoms with Crippen molar-refractivity contribution in [2.75, 3.05) is 0 Å². The minimum Gasteiger partial charge on any atom is -0.329 e. The number of aromatic amines is 1. The van der Waals surface area contributed by atoms with Crippen LogP contribution in [0.4, 0.5) is 0 Å². The fourth-order valence-electron chi connectivity index (χ4n) is 0.923. The SMILES string of the molecule is CC.CCCc1ccc[nH]c1=O. The molecule has 0 aliphatic heterocycles. The van der Waals surface area contributed by atoms with Crippen LogP contribution in [0, 0.1) is 0 Å². The van der Waals surface area contributed by atoms with Gasteiger partial charge >= 0.3 is 0 Å². The first-order valence-electron chi connectivity index (χ1n) is 4.51. The molecule has 0 amide bonds. The van der Waals surface area contributed by atoms with Crippen molar-refractivity contribution in [1.82, 2.24) is 4.98 Å². The van der Waals surface area contributed by atoms with Crippen LogP contribution in [0.2, 0.25) is 0 Å². The molecular formula is C10H17NO. The van der Waals surface area contributed by atoms with Gasteiger partial charge < -0.3 is 4.98 Å². The molecule has 0 fully saturated rings. The molecule has 0 aromatic carbocycles. The first kappa shape index (κ1) is 11.0. The maximum atomic E-state index is 11.0. The molecule has 0 spiro atoms. The number of pyridine rings is 1. The van der Waals surface area contributed by atoms with E-state index in [2.05, 4.69) is 11.9 Å². The molecule has 0 bridgehead atoms. The van der Waals surface area contributed by atoms with Crippen molar-refractivity contribution in [3.63, 3.8) is 0 Å². The van der Waals surface area contributed by atoms with Gasteiger partial charge in [0.1, 0.15) is 0 Å². The summed E-state index contributed by atoms with van der Waals surface area (Å²) >= 11 is 0. The molecular weight excluding hydrogens is 150 g/mol. The standard InChI is InChI=1S/C8H11NO.C2H6/c1-2-4-7-5-3-6-9-8(7)10;1-2/h3,5-6H,2,4H2,1H3,(H,9,10);1-2H3. The van der Waals surface area contributed by atoms with Crippen molar-refractivity contribution in [1.29, 1.82) is 0 Å². The third-order valence-electron chi connectivity index (χ3n) is 1.42. The van der Waals surface area contributed by atoms with E-state index in [0.29, 0.717) is 0 Å². The normalized spacial score (nSPS) is 8.58. The van der Waals surface area contributed by atoms with Gasteiger partial charge in [-0.15, -0.1) is 0 Å². The van der Waals surface area contributed by atoms with E-state index in [1.165, 1.54) is 0 Å². The number of rotatable bonds is 2. The Hall–Kier alpha value is -1.05. The van der Waals surface area contributed by atoms with Crippen LogP contribution in [-0.2, 0) is 6.42 Å². The van der Waals surface area contributed by atoms with E-state index in [1.54, 1.807) is 6.20 Å². The fourth-order valence-corrected chi connectivity index (χ4v) is 0.923. The van der Waals surface area contributed by atoms with Gasteiger partial charge in [0.2, 0.25) is 0 Å². The number of hydrogen-bond acceptors (Lipinski definition) is 1. The van der Waals surface area contributed by atoms with E-state index in [1.807, 2.05) is 26.0 Å². The molecule has 1 heterocycles. The van der Waals surface area contributed by atoms with Gasteiger partial charge in [-0.1, -0.05) is 33.3 Å². The van der Waals surface area contributed by atoms with E-state index < -0.39 is 0 Å². The first-order valence-corrected chi connectivity index (χ1v) is 4.51. The Balaban J connectivity index is 0.000000561. The summed E-state index contributed by atoms with van der Waals surface area (Å²) in [6, 6.07) is 3.72. The van der Waals surface area contributed by atoms with Crippen LogP contribution in [0.5, 0.6) is 0 Å². The van der Waals surface area contributed by atoms with Gasteiger partial charge in [-0.3, -0.25) is 4.79 Å². The zero-order valence-electron chi connectivity index (χ0n) is 8.05. The van der Waals surface area contributed by atoms with Crippen molar-refractivity contribution >= 4 is 0 Å². The summed E-state index contributed by atoms with van der Waals surface area (Å²) in [5.41, 5.74) is 0.925. The van der Waals surface area contributed by atoms with Crippen LogP contribution in [-0.4, -0.2) is 4.98 Å². The van der Waals surface area contributed by atoms with Crippen molar-refractivity contribution in [2.24, 2.45) is 0 Å². The molecule has 0 saturated heterocycles. The lowest BCUT2D eigenvalue weighted by molar-refractivity contribution is 0.900. The number of hydrogen-bond donors (Lipinski definition) is 1. The predicted octanol–water partition coefficient (Wildman–Crippen LogP) is 2.35. The molecule has 1 N–H and O–H groups in total. The Morgan fingerprint density at radius 3 is 2.58 bits per heavy atom. The first-order chi connectivity index (χ1) is 5.84. The minimum atomic E-state index is 0.0457. The summed E-state index contributed by atoms with van der Waals surface area (Å²) in [7, 11) is 0. The Morgan fingerprint density at radius 1 is 1.42 bits per heavy atom. The van der Waals surface area contributed by atoms with Crippen LogP contribution in [0.1, 0.15) is 32.8 Å². The van der Waals surface area contributed by atoms with Crippen LogP contribution in [0.3, 0.4) is 0 Å². The summed E-state index contributed by atoms with van der Waals surface area (Å²) < 4.78 is 0. The zero-order valence-corrected chi connectivity index (χ0v) is 8.05. The van der Waals surface area contributed by atoms with Crippen LogP contribution in [0.15, 0.2) is 23.1 Å². The van der Waals surface area contributed by atoms with E-state index in [9.17, 15) is 4.79 Å². The molecule has 68 valence electrons. The third kappa shape index (κ3) is 3.37. The highest BCUT2D eigenvalue weighted by atomic mass is 16.1. The molecule has 0 aliphatic carbocycles. The molecule has 12 heavy (non-hydrogen) atoms. The van der Waals surface area contributed by atoms with Gasteiger partial charge in [-0.05, 0) is 12.5 Å². The lowest BCUT2D eigenvalue weighted by Crippen LogP contribution is -2.10. The number of H-pyrrole nitrogens is 1. The van der Waals surface area contributed by atoms with Crippen LogP contribution in [0.25, 0.3) is 0 Å². The van der Waals surface area contributed by atoms with Gasteiger partial charge in [0, 0.05) is 11.8 Å². The molecule has 0 unspecified atom stereocenters. The second-order valence-electron chi connectivity index (χ2n) is 2.27. The molecule has 2 heteroatoms. The summed E-state index contributed by atoms with van der Waals surface area (Å²) in [6.45, 7) is 6.06. The predicted molar refractivity (Wildman–Crippen MR) is 52.4 cm³/mol. The van der Waals surface area contributed by atoms with Crippen molar-refractivity contribution in [3.8, 4) is 0 Å². The average Bonchev–Trinajstić information content (AvgIpc) is 2.13. The minimum absolute atomic E-state index is 0.0457. The molecule has 0 radical (unpaired) electrons. The van der Waals surface area contributed by atoms with E-state index in [-0.39, 0.29) is 5.56 Å². The second kappa shape index (κ2) is 6.65. The van der Waals surface area contributed by atoms with Crippen molar-refractivity contribution in [2.45, 2.75) is 33.6 Å². The monoisotopic (exact) mass is 167 g/mol. The fraction of sp³-hybridized carbons (Fsp3) is 0.500. The van der Waals surface area contributed by atoms with E-state index in [4.69, 9.17) is 0 Å². The molecule has 2 nitrogen and oxygen atoms in total. The largest absolute Gasteiger partial charge is 0.329 e. The lowest BCUT2D eigenvalue weighted by Gasteiger charge is -1.93. The number of aromatic nitrogens is 1. The molecule has 1 rings (SSSR count). The highest BCUT2D eigenvalue weighted by molar-refractivity contribution is 5.08. The zero-order chi connectivity index (χ0) is 9.40. The van der Waals surface area contributed by atoms with E-state index in [0.717, 1.165) is 18.4 Å². The highest BCUT2D eigenvalue weighted by Crippen LogP contribution is 1.92. The maximum absolute atomic E-state index is 11.0. The average molecular weight is 167 g/mol. The summed E-state index contributed by atoms with van der Waals surface area (Å²) in [5.74, 6) is 0. The summed E-state index contributed by atoms with van der Waals surface area (Å²) in [6.07, 6.45) is 3.55. The quantitative estimate of drug-likeness (QED) is 0.720. The third-order valence-corrected chi connectivity index (χ3v) is 1.42. The Morgan fingerprint density at radius 2 is 2.08 bits per heavy atom. The highest BCUT2D eigenvalue weighted by Gasteiger charge is 1.93. The second-order valence-corrected chi connectivity index (χ2v) is 2.27. The van der Waals surface area contributed by atoms with Gasteiger partial charge in [0.05, 0.1) is 0 Å². The lowest BCUT2D eigenvalue weighted by atomic mass is 10.2. The van der Waals surface area contributed by atoms with E-state index >= 15 is 0 Å². The number of aryl methyl sites for hydroxylation is 1. The summed E-state index contributed by atoms with van der Waals surface area (Å²) in [5, 5.41) is 0. The van der Waals surface area contributed by atoms with Gasteiger partial charge in [-0.25, -0.2) is 0 Å². The van der Waals surface area contributed by atoms with Gasteiger partial charge in [0.25, 0.3) is 5.56 Å².